The summed E-state index contributed by atoms with van der Waals surface area (Å²) >= 11 is 5.85. The Morgan fingerprint density at radius 3 is 2.18 bits per heavy atom. The first kappa shape index (κ1) is 25.3. The molecule has 3 aromatic carbocycles. The van der Waals surface area contributed by atoms with Crippen LogP contribution in [-0.2, 0) is 24.2 Å². The van der Waals surface area contributed by atoms with Crippen LogP contribution in [0.3, 0.4) is 0 Å². The quantitative estimate of drug-likeness (QED) is 0.297. The second-order valence-corrected chi connectivity index (χ2v) is 8.38. The number of unbranched alkanes of at least 4 members (excludes halogenated alkanes) is 1. The number of benzene rings is 3. The Morgan fingerprint density at radius 2 is 1.50 bits per heavy atom. The van der Waals surface area contributed by atoms with Crippen LogP contribution < -0.4 is 10.1 Å². The van der Waals surface area contributed by atoms with E-state index in [1.165, 1.54) is 17.7 Å². The molecule has 0 bridgehead atoms. The molecule has 0 saturated carbocycles. The Balaban J connectivity index is 1.36. The molecule has 0 aliphatic heterocycles. The van der Waals surface area contributed by atoms with Crippen molar-refractivity contribution in [2.45, 2.75) is 38.7 Å². The molecule has 0 spiro atoms. The van der Waals surface area contributed by atoms with Gasteiger partial charge in [0.1, 0.15) is 5.75 Å². The van der Waals surface area contributed by atoms with Crippen LogP contribution in [0.25, 0.3) is 0 Å². The highest BCUT2D eigenvalue weighted by Crippen LogP contribution is 2.21. The number of carboxylic acid groups (broad SMARTS) is 1. The number of halogens is 1. The summed E-state index contributed by atoms with van der Waals surface area (Å²) in [6.07, 6.45) is 3.76. The summed E-state index contributed by atoms with van der Waals surface area (Å²) in [5.41, 5.74) is 3.54. The molecular formula is C27H28ClNO5. The smallest absolute Gasteiger partial charge is 0.337 e. The van der Waals surface area contributed by atoms with Gasteiger partial charge in [-0.25, -0.2) is 4.79 Å². The molecule has 0 aromatic heterocycles. The normalized spacial score (nSPS) is 10.6. The number of aliphatic hydroxyl groups excluding tert-OH is 1. The van der Waals surface area contributed by atoms with Crippen molar-refractivity contribution < 1.29 is 24.5 Å². The Bertz CT molecular complexity index is 1100. The maximum Gasteiger partial charge on any atom is 0.337 e. The minimum absolute atomic E-state index is 0.0493. The second-order valence-electron chi connectivity index (χ2n) is 7.97. The third kappa shape index (κ3) is 7.90. The summed E-state index contributed by atoms with van der Waals surface area (Å²) in [7, 11) is 0. The number of rotatable bonds is 12. The predicted molar refractivity (Wildman–Crippen MR) is 133 cm³/mol. The summed E-state index contributed by atoms with van der Waals surface area (Å²) < 4.78 is 5.81. The van der Waals surface area contributed by atoms with Crippen LogP contribution in [0.4, 0.5) is 5.69 Å². The fourth-order valence-electron chi connectivity index (χ4n) is 3.43. The molecule has 3 aromatic rings. The van der Waals surface area contributed by atoms with Crippen molar-refractivity contribution in [1.29, 1.82) is 0 Å². The Morgan fingerprint density at radius 1 is 0.853 bits per heavy atom. The van der Waals surface area contributed by atoms with Gasteiger partial charge in [-0.15, -0.1) is 0 Å². The van der Waals surface area contributed by atoms with Gasteiger partial charge in [0, 0.05) is 12.1 Å². The topological polar surface area (TPSA) is 95.9 Å². The molecule has 0 fully saturated rings. The number of aromatic carboxylic acids is 1. The van der Waals surface area contributed by atoms with Gasteiger partial charge in [-0.2, -0.15) is 0 Å². The SMILES string of the molecule is O=C(CCc1ccc(OCCCCc2ccc(CO)cc2)cc1)Nc1ccc(Cl)c(C(=O)O)c1. The average Bonchev–Trinajstić information content (AvgIpc) is 2.84. The predicted octanol–water partition coefficient (Wildman–Crippen LogP) is 5.50. The van der Waals surface area contributed by atoms with E-state index < -0.39 is 5.97 Å². The fourth-order valence-corrected chi connectivity index (χ4v) is 3.63. The van der Waals surface area contributed by atoms with Crippen molar-refractivity contribution in [3.63, 3.8) is 0 Å². The van der Waals surface area contributed by atoms with Gasteiger partial charge in [0.15, 0.2) is 0 Å². The first-order chi connectivity index (χ1) is 16.4. The number of hydrogen-bond donors (Lipinski definition) is 3. The lowest BCUT2D eigenvalue weighted by Crippen LogP contribution is -2.13. The number of aliphatic hydroxyl groups is 1. The first-order valence-electron chi connectivity index (χ1n) is 11.2. The highest BCUT2D eigenvalue weighted by atomic mass is 35.5. The zero-order chi connectivity index (χ0) is 24.3. The van der Waals surface area contributed by atoms with Gasteiger partial charge in [0.2, 0.25) is 5.91 Å². The number of amides is 1. The monoisotopic (exact) mass is 481 g/mol. The van der Waals surface area contributed by atoms with Crippen molar-refractivity contribution in [2.24, 2.45) is 0 Å². The average molecular weight is 482 g/mol. The van der Waals surface area contributed by atoms with E-state index in [9.17, 15) is 9.59 Å². The highest BCUT2D eigenvalue weighted by molar-refractivity contribution is 6.33. The summed E-state index contributed by atoms with van der Waals surface area (Å²) in [5, 5.41) is 21.0. The minimum atomic E-state index is -1.14. The molecule has 0 radical (unpaired) electrons. The summed E-state index contributed by atoms with van der Waals surface area (Å²) in [6.45, 7) is 0.703. The number of nitrogens with one attached hydrogen (secondary N) is 1. The van der Waals surface area contributed by atoms with E-state index in [-0.39, 0.29) is 29.5 Å². The van der Waals surface area contributed by atoms with Crippen LogP contribution in [0.1, 0.15) is 46.3 Å². The van der Waals surface area contributed by atoms with Crippen LogP contribution in [0.5, 0.6) is 5.75 Å². The third-order valence-electron chi connectivity index (χ3n) is 5.38. The molecule has 0 aliphatic rings. The molecule has 0 atom stereocenters. The number of carbonyl (C=O) groups is 2. The molecule has 0 saturated heterocycles. The summed E-state index contributed by atoms with van der Waals surface area (Å²) in [4.78, 5) is 23.4. The van der Waals surface area contributed by atoms with Gasteiger partial charge < -0.3 is 20.3 Å². The molecule has 1 amide bonds. The van der Waals surface area contributed by atoms with E-state index in [1.807, 2.05) is 48.5 Å². The van der Waals surface area contributed by atoms with Crippen molar-refractivity contribution in [3.8, 4) is 5.75 Å². The number of aryl methyl sites for hydroxylation is 2. The summed E-state index contributed by atoms with van der Waals surface area (Å²) in [6, 6.07) is 20.1. The Kier molecular flexibility index (Phi) is 9.50. The molecule has 178 valence electrons. The Hall–Kier alpha value is -3.35. The van der Waals surface area contributed by atoms with E-state index in [0.29, 0.717) is 18.7 Å². The van der Waals surface area contributed by atoms with Gasteiger partial charge in [-0.1, -0.05) is 48.0 Å². The lowest BCUT2D eigenvalue weighted by atomic mass is 10.1. The maximum atomic E-state index is 12.2. The van der Waals surface area contributed by atoms with Gasteiger partial charge in [0.25, 0.3) is 0 Å². The number of hydrogen-bond acceptors (Lipinski definition) is 4. The van der Waals surface area contributed by atoms with Crippen molar-refractivity contribution in [1.82, 2.24) is 0 Å². The number of carbonyl (C=O) groups excluding carboxylic acids is 1. The standard InChI is InChI=1S/C27H28ClNO5/c28-25-14-11-22(17-24(25)27(32)33)29-26(31)15-10-20-8-12-23(13-9-20)34-16-2-1-3-19-4-6-21(18-30)7-5-19/h4-9,11-14,17,30H,1-3,10,15-16,18H2,(H,29,31)(H,32,33). The van der Waals surface area contributed by atoms with Crippen LogP contribution >= 0.6 is 11.6 Å². The zero-order valence-electron chi connectivity index (χ0n) is 18.8. The minimum Gasteiger partial charge on any atom is -0.494 e. The van der Waals surface area contributed by atoms with E-state index >= 15 is 0 Å². The highest BCUT2D eigenvalue weighted by Gasteiger charge is 2.11. The zero-order valence-corrected chi connectivity index (χ0v) is 19.6. The van der Waals surface area contributed by atoms with Crippen LogP contribution in [0.2, 0.25) is 5.02 Å². The van der Waals surface area contributed by atoms with Gasteiger partial charge in [-0.05, 0) is 72.7 Å². The van der Waals surface area contributed by atoms with Gasteiger partial charge in [-0.3, -0.25) is 4.79 Å². The number of ether oxygens (including phenoxy) is 1. The molecule has 34 heavy (non-hydrogen) atoms. The van der Waals surface area contributed by atoms with Crippen molar-refractivity contribution >= 4 is 29.2 Å². The number of carboxylic acids is 1. The van der Waals surface area contributed by atoms with Crippen molar-refractivity contribution in [2.75, 3.05) is 11.9 Å². The first-order valence-corrected chi connectivity index (χ1v) is 11.6. The molecule has 0 heterocycles. The second kappa shape index (κ2) is 12.8. The molecule has 7 heteroatoms. The fraction of sp³-hybridized carbons (Fsp3) is 0.259. The van der Waals surface area contributed by atoms with Gasteiger partial charge >= 0.3 is 5.97 Å². The lowest BCUT2D eigenvalue weighted by Gasteiger charge is -2.09. The van der Waals surface area contributed by atoms with Crippen LogP contribution in [0.15, 0.2) is 66.7 Å². The molecule has 3 N–H and O–H groups in total. The third-order valence-corrected chi connectivity index (χ3v) is 5.71. The maximum absolute atomic E-state index is 12.2. The Labute approximate surface area is 204 Å². The van der Waals surface area contributed by atoms with Gasteiger partial charge in [0.05, 0.1) is 23.8 Å². The number of anilines is 1. The molecule has 6 nitrogen and oxygen atoms in total. The van der Waals surface area contributed by atoms with Crippen LogP contribution in [-0.4, -0.2) is 28.7 Å². The lowest BCUT2D eigenvalue weighted by molar-refractivity contribution is -0.116. The largest absolute Gasteiger partial charge is 0.494 e. The molecule has 0 unspecified atom stereocenters. The molecule has 3 rings (SSSR count). The van der Waals surface area contributed by atoms with E-state index in [1.54, 1.807) is 6.07 Å². The van der Waals surface area contributed by atoms with E-state index in [2.05, 4.69) is 5.32 Å². The van der Waals surface area contributed by atoms with Crippen molar-refractivity contribution in [3.05, 3.63) is 94.0 Å². The molecular weight excluding hydrogens is 454 g/mol. The molecule has 0 aliphatic carbocycles. The van der Waals surface area contributed by atoms with E-state index in [0.717, 1.165) is 36.1 Å². The van der Waals surface area contributed by atoms with E-state index in [4.69, 9.17) is 26.6 Å². The summed E-state index contributed by atoms with van der Waals surface area (Å²) in [5.74, 6) is -0.551. The van der Waals surface area contributed by atoms with Crippen LogP contribution in [0, 0.1) is 0 Å².